The van der Waals surface area contributed by atoms with Crippen molar-refractivity contribution in [3.63, 3.8) is 0 Å². The Balaban J connectivity index is 1.52. The molecule has 1 aliphatic rings. The molecule has 0 bridgehead atoms. The van der Waals surface area contributed by atoms with Crippen molar-refractivity contribution in [2.24, 2.45) is 0 Å². The molecule has 0 fully saturated rings. The van der Waals surface area contributed by atoms with Crippen molar-refractivity contribution in [2.75, 3.05) is 24.0 Å². The summed E-state index contributed by atoms with van der Waals surface area (Å²) in [5, 5.41) is 5.73. The lowest BCUT2D eigenvalue weighted by Gasteiger charge is -2.13. The van der Waals surface area contributed by atoms with Gasteiger partial charge in [0.25, 0.3) is 11.8 Å². The van der Waals surface area contributed by atoms with Crippen LogP contribution in [0.2, 0.25) is 0 Å². The van der Waals surface area contributed by atoms with Gasteiger partial charge in [-0.15, -0.1) is 0 Å². The summed E-state index contributed by atoms with van der Waals surface area (Å²) in [6, 6.07) is 17.4. The highest BCUT2D eigenvalue weighted by Gasteiger charge is 2.17. The molecule has 3 aromatic rings. The second kappa shape index (κ2) is 8.79. The van der Waals surface area contributed by atoms with E-state index < -0.39 is 0 Å². The van der Waals surface area contributed by atoms with Gasteiger partial charge in [-0.3, -0.25) is 9.59 Å². The molecule has 0 radical (unpaired) electrons. The number of anilines is 2. The van der Waals surface area contributed by atoms with Crippen LogP contribution in [0.3, 0.4) is 0 Å². The summed E-state index contributed by atoms with van der Waals surface area (Å²) in [5.74, 6) is 1.14. The van der Waals surface area contributed by atoms with Crippen molar-refractivity contribution in [3.05, 3.63) is 77.4 Å². The zero-order valence-corrected chi connectivity index (χ0v) is 17.2. The van der Waals surface area contributed by atoms with Crippen molar-refractivity contribution in [1.82, 2.24) is 0 Å². The molecule has 0 unspecified atom stereocenters. The maximum absolute atomic E-state index is 12.8. The average Bonchev–Trinajstić information content (AvgIpc) is 3.24. The fourth-order valence-electron chi connectivity index (χ4n) is 3.18. The highest BCUT2D eigenvalue weighted by Crippen LogP contribution is 2.33. The van der Waals surface area contributed by atoms with E-state index in [9.17, 15) is 9.59 Å². The topological polar surface area (TPSA) is 85.9 Å². The molecular formula is C24H22N2O5. The number of hydrogen-bond acceptors (Lipinski definition) is 5. The number of carbonyl (C=O) groups is 2. The summed E-state index contributed by atoms with van der Waals surface area (Å²) in [4.78, 5) is 25.5. The van der Waals surface area contributed by atoms with E-state index in [0.29, 0.717) is 46.4 Å². The Hall–Kier alpha value is -4.00. The van der Waals surface area contributed by atoms with Gasteiger partial charge in [0.1, 0.15) is 5.75 Å². The van der Waals surface area contributed by atoms with E-state index in [1.165, 1.54) is 0 Å². The molecular weight excluding hydrogens is 396 g/mol. The molecule has 7 heteroatoms. The van der Waals surface area contributed by atoms with Crippen LogP contribution >= 0.6 is 0 Å². The van der Waals surface area contributed by atoms with E-state index in [1.54, 1.807) is 48.5 Å². The molecule has 0 aliphatic carbocycles. The minimum Gasteiger partial charge on any atom is -0.492 e. The lowest BCUT2D eigenvalue weighted by molar-refractivity contribution is 0.101. The number of ether oxygens (including phenoxy) is 3. The molecule has 0 saturated carbocycles. The molecule has 0 spiro atoms. The highest BCUT2D eigenvalue weighted by atomic mass is 16.7. The van der Waals surface area contributed by atoms with Gasteiger partial charge < -0.3 is 24.8 Å². The largest absolute Gasteiger partial charge is 0.492 e. The first-order valence-corrected chi connectivity index (χ1v) is 9.90. The SMILES string of the molecule is CCOc1ccccc1NC(=O)c1ccc(C)c(NC(=O)c2ccc3c(c2)OCO3)c1. The normalized spacial score (nSPS) is 11.7. The van der Waals surface area contributed by atoms with Crippen LogP contribution in [0.4, 0.5) is 11.4 Å². The van der Waals surface area contributed by atoms with Crippen LogP contribution in [0.5, 0.6) is 17.2 Å². The number of aryl methyl sites for hydroxylation is 1. The second-order valence-electron chi connectivity index (χ2n) is 6.94. The first-order valence-electron chi connectivity index (χ1n) is 9.90. The third kappa shape index (κ3) is 4.45. The zero-order chi connectivity index (χ0) is 21.8. The molecule has 1 aliphatic heterocycles. The van der Waals surface area contributed by atoms with E-state index in [1.807, 2.05) is 26.0 Å². The summed E-state index contributed by atoms with van der Waals surface area (Å²) >= 11 is 0. The number of benzene rings is 3. The summed E-state index contributed by atoms with van der Waals surface area (Å²) in [6.45, 7) is 4.38. The van der Waals surface area contributed by atoms with Gasteiger partial charge in [0.2, 0.25) is 6.79 Å². The van der Waals surface area contributed by atoms with E-state index >= 15 is 0 Å². The van der Waals surface area contributed by atoms with E-state index in [-0.39, 0.29) is 18.6 Å². The Morgan fingerprint density at radius 2 is 1.55 bits per heavy atom. The molecule has 7 nitrogen and oxygen atoms in total. The number of rotatable bonds is 6. The molecule has 31 heavy (non-hydrogen) atoms. The van der Waals surface area contributed by atoms with Crippen LogP contribution in [-0.4, -0.2) is 25.2 Å². The van der Waals surface area contributed by atoms with Crippen LogP contribution in [0.25, 0.3) is 0 Å². The monoisotopic (exact) mass is 418 g/mol. The number of carbonyl (C=O) groups excluding carboxylic acids is 2. The van der Waals surface area contributed by atoms with Crippen molar-refractivity contribution in [3.8, 4) is 17.2 Å². The Labute approximate surface area is 179 Å². The summed E-state index contributed by atoms with van der Waals surface area (Å²) in [7, 11) is 0. The lowest BCUT2D eigenvalue weighted by Crippen LogP contribution is -2.16. The smallest absolute Gasteiger partial charge is 0.255 e. The molecule has 0 aromatic heterocycles. The van der Waals surface area contributed by atoms with Gasteiger partial charge in [-0.25, -0.2) is 0 Å². The first kappa shape index (κ1) is 20.3. The maximum atomic E-state index is 12.8. The van der Waals surface area contributed by atoms with Gasteiger partial charge >= 0.3 is 0 Å². The van der Waals surface area contributed by atoms with Crippen molar-refractivity contribution >= 4 is 23.2 Å². The van der Waals surface area contributed by atoms with E-state index in [4.69, 9.17) is 14.2 Å². The molecule has 158 valence electrons. The number of fused-ring (bicyclic) bond motifs is 1. The number of nitrogens with one attached hydrogen (secondary N) is 2. The third-order valence-corrected chi connectivity index (χ3v) is 4.82. The number of amides is 2. The molecule has 2 N–H and O–H groups in total. The van der Waals surface area contributed by atoms with Gasteiger partial charge in [0.05, 0.1) is 12.3 Å². The first-order chi connectivity index (χ1) is 15.0. The number of para-hydroxylation sites is 2. The molecule has 4 rings (SSSR count). The standard InChI is InChI=1S/C24H22N2O5/c1-3-29-20-7-5-4-6-18(20)25-23(27)16-9-8-15(2)19(12-16)26-24(28)17-10-11-21-22(13-17)31-14-30-21/h4-13H,3,14H2,1-2H3,(H,25,27)(H,26,28). The maximum Gasteiger partial charge on any atom is 0.255 e. The molecule has 3 aromatic carbocycles. The Bertz CT molecular complexity index is 1140. The molecule has 1 heterocycles. The predicted molar refractivity (Wildman–Crippen MR) is 117 cm³/mol. The summed E-state index contributed by atoms with van der Waals surface area (Å²) < 4.78 is 16.2. The Morgan fingerprint density at radius 3 is 2.35 bits per heavy atom. The van der Waals surface area contributed by atoms with Crippen LogP contribution in [0.1, 0.15) is 33.2 Å². The lowest BCUT2D eigenvalue weighted by atomic mass is 10.1. The average molecular weight is 418 g/mol. The van der Waals surface area contributed by atoms with Gasteiger partial charge in [-0.2, -0.15) is 0 Å². The zero-order valence-electron chi connectivity index (χ0n) is 17.2. The van der Waals surface area contributed by atoms with Gasteiger partial charge in [-0.1, -0.05) is 18.2 Å². The van der Waals surface area contributed by atoms with Gasteiger partial charge in [0.15, 0.2) is 11.5 Å². The minimum atomic E-state index is -0.305. The molecule has 0 atom stereocenters. The minimum absolute atomic E-state index is 0.142. The fourth-order valence-corrected chi connectivity index (χ4v) is 3.18. The van der Waals surface area contributed by atoms with Crippen LogP contribution in [0, 0.1) is 6.92 Å². The molecule has 2 amide bonds. The van der Waals surface area contributed by atoms with E-state index in [2.05, 4.69) is 10.6 Å². The second-order valence-corrected chi connectivity index (χ2v) is 6.94. The van der Waals surface area contributed by atoms with E-state index in [0.717, 1.165) is 5.56 Å². The summed E-state index contributed by atoms with van der Waals surface area (Å²) in [6.07, 6.45) is 0. The van der Waals surface area contributed by atoms with Gasteiger partial charge in [-0.05, 0) is 61.9 Å². The van der Waals surface area contributed by atoms with Crippen LogP contribution in [-0.2, 0) is 0 Å². The number of hydrogen-bond donors (Lipinski definition) is 2. The quantitative estimate of drug-likeness (QED) is 0.610. The predicted octanol–water partition coefficient (Wildman–Crippen LogP) is 4.63. The van der Waals surface area contributed by atoms with Gasteiger partial charge in [0, 0.05) is 16.8 Å². The highest BCUT2D eigenvalue weighted by molar-refractivity contribution is 6.08. The third-order valence-electron chi connectivity index (χ3n) is 4.82. The fraction of sp³-hybridized carbons (Fsp3) is 0.167. The summed E-state index contributed by atoms with van der Waals surface area (Å²) in [5.41, 5.74) is 2.82. The van der Waals surface area contributed by atoms with Crippen molar-refractivity contribution in [1.29, 1.82) is 0 Å². The van der Waals surface area contributed by atoms with Crippen molar-refractivity contribution < 1.29 is 23.8 Å². The molecule has 0 saturated heterocycles. The Kier molecular flexibility index (Phi) is 5.75. The van der Waals surface area contributed by atoms with Crippen molar-refractivity contribution in [2.45, 2.75) is 13.8 Å². The Morgan fingerprint density at radius 1 is 0.871 bits per heavy atom. The van der Waals surface area contributed by atoms with Crippen LogP contribution < -0.4 is 24.8 Å². The van der Waals surface area contributed by atoms with Crippen LogP contribution in [0.15, 0.2) is 60.7 Å².